The van der Waals surface area contributed by atoms with Crippen molar-refractivity contribution in [2.75, 3.05) is 6.61 Å². The van der Waals surface area contributed by atoms with E-state index in [1.807, 2.05) is 20.8 Å². The van der Waals surface area contributed by atoms with Crippen molar-refractivity contribution in [2.45, 2.75) is 65.3 Å². The topological polar surface area (TPSA) is 67.8 Å². The number of rotatable bonds is 7. The van der Waals surface area contributed by atoms with E-state index < -0.39 is 12.0 Å². The normalized spacial score (nSPS) is 23.1. The molecule has 0 radical (unpaired) electrons. The number of aliphatic hydroxyl groups is 1. The smallest absolute Gasteiger partial charge is 0.249 e. The molecule has 0 spiro atoms. The minimum atomic E-state index is -0.627. The molecule has 1 rings (SSSR count). The van der Waals surface area contributed by atoms with Crippen LogP contribution in [0, 0.1) is 11.8 Å². The van der Waals surface area contributed by atoms with Crippen molar-refractivity contribution >= 4 is 5.91 Å². The van der Waals surface area contributed by atoms with E-state index in [1.165, 1.54) is 0 Å². The zero-order chi connectivity index (χ0) is 14.3. The first-order valence-electron chi connectivity index (χ1n) is 7.29. The summed E-state index contributed by atoms with van der Waals surface area (Å²) in [6, 6.07) is 0. The van der Waals surface area contributed by atoms with Crippen LogP contribution >= 0.6 is 0 Å². The number of ether oxygens (including phenoxy) is 1. The van der Waals surface area contributed by atoms with Gasteiger partial charge in [0.1, 0.15) is 0 Å². The van der Waals surface area contributed by atoms with Crippen LogP contribution in [0.15, 0.2) is 0 Å². The van der Waals surface area contributed by atoms with Gasteiger partial charge >= 0.3 is 0 Å². The summed E-state index contributed by atoms with van der Waals surface area (Å²) in [6.45, 7) is 6.62. The average molecular weight is 273 g/mol. The molecule has 0 aromatic carbocycles. The standard InChI is InChI=1S/C14H27NO4/c1-4-12(16)11(9-10(2)3)14(17)15-19-13-7-5-6-8-18-13/h10-13,16H,4-9H2,1-3H3,(H,15,17)/t11-,12-,13?/m1/s1. The molecule has 1 amide bonds. The number of hydrogen-bond acceptors (Lipinski definition) is 4. The van der Waals surface area contributed by atoms with Crippen LogP contribution in [0.5, 0.6) is 0 Å². The van der Waals surface area contributed by atoms with Crippen LogP contribution < -0.4 is 5.48 Å². The molecule has 0 aromatic heterocycles. The molecule has 1 unspecified atom stereocenters. The zero-order valence-electron chi connectivity index (χ0n) is 12.2. The third-order valence-corrected chi connectivity index (χ3v) is 3.37. The van der Waals surface area contributed by atoms with E-state index in [2.05, 4.69) is 5.48 Å². The van der Waals surface area contributed by atoms with E-state index in [0.29, 0.717) is 25.4 Å². The van der Waals surface area contributed by atoms with Crippen molar-refractivity contribution in [1.82, 2.24) is 5.48 Å². The molecule has 5 heteroatoms. The summed E-state index contributed by atoms with van der Waals surface area (Å²) in [6.07, 6.45) is 3.12. The van der Waals surface area contributed by atoms with Crippen LogP contribution in [0.1, 0.15) is 52.9 Å². The summed E-state index contributed by atoms with van der Waals surface area (Å²) in [5.74, 6) is -0.325. The molecule has 1 fully saturated rings. The van der Waals surface area contributed by atoms with Gasteiger partial charge in [0.25, 0.3) is 0 Å². The first kappa shape index (κ1) is 16.4. The highest BCUT2D eigenvalue weighted by atomic mass is 16.8. The van der Waals surface area contributed by atoms with Gasteiger partial charge in [0.15, 0.2) is 6.29 Å². The second-order valence-electron chi connectivity index (χ2n) is 5.59. The summed E-state index contributed by atoms with van der Waals surface area (Å²) in [4.78, 5) is 17.3. The van der Waals surface area contributed by atoms with E-state index in [-0.39, 0.29) is 12.2 Å². The molecule has 5 nitrogen and oxygen atoms in total. The maximum Gasteiger partial charge on any atom is 0.249 e. The first-order valence-corrected chi connectivity index (χ1v) is 7.29. The Morgan fingerprint density at radius 1 is 1.47 bits per heavy atom. The molecular weight excluding hydrogens is 246 g/mol. The third kappa shape index (κ3) is 5.89. The molecule has 2 N–H and O–H groups in total. The lowest BCUT2D eigenvalue weighted by molar-refractivity contribution is -0.203. The fourth-order valence-electron chi connectivity index (χ4n) is 2.23. The van der Waals surface area contributed by atoms with E-state index in [9.17, 15) is 9.90 Å². The van der Waals surface area contributed by atoms with E-state index >= 15 is 0 Å². The number of amides is 1. The Kier molecular flexibility index (Phi) is 7.34. The fourth-order valence-corrected chi connectivity index (χ4v) is 2.23. The molecule has 1 aliphatic heterocycles. The van der Waals surface area contributed by atoms with Gasteiger partial charge < -0.3 is 9.84 Å². The zero-order valence-corrected chi connectivity index (χ0v) is 12.2. The van der Waals surface area contributed by atoms with E-state index in [0.717, 1.165) is 19.3 Å². The molecule has 0 saturated carbocycles. The molecule has 1 saturated heterocycles. The minimum Gasteiger partial charge on any atom is -0.392 e. The maximum absolute atomic E-state index is 12.1. The Balaban J connectivity index is 2.41. The van der Waals surface area contributed by atoms with E-state index in [4.69, 9.17) is 9.57 Å². The van der Waals surface area contributed by atoms with Gasteiger partial charge in [-0.2, -0.15) is 0 Å². The monoisotopic (exact) mass is 273 g/mol. The predicted octanol–water partition coefficient (Wildman–Crippen LogP) is 1.99. The van der Waals surface area contributed by atoms with Crippen LogP contribution in [0.2, 0.25) is 0 Å². The molecule has 19 heavy (non-hydrogen) atoms. The van der Waals surface area contributed by atoms with Gasteiger partial charge in [0, 0.05) is 13.0 Å². The van der Waals surface area contributed by atoms with Crippen molar-refractivity contribution in [1.29, 1.82) is 0 Å². The number of nitrogens with one attached hydrogen (secondary N) is 1. The van der Waals surface area contributed by atoms with Crippen LogP contribution in [0.4, 0.5) is 0 Å². The highest BCUT2D eigenvalue weighted by Crippen LogP contribution is 2.19. The van der Waals surface area contributed by atoms with Crippen molar-refractivity contribution in [3.63, 3.8) is 0 Å². The maximum atomic E-state index is 12.1. The highest BCUT2D eigenvalue weighted by Gasteiger charge is 2.27. The number of hydrogen-bond donors (Lipinski definition) is 2. The number of aliphatic hydroxyl groups excluding tert-OH is 1. The Morgan fingerprint density at radius 3 is 2.74 bits per heavy atom. The molecule has 1 heterocycles. The molecular formula is C14H27NO4. The Hall–Kier alpha value is -0.650. The van der Waals surface area contributed by atoms with Gasteiger partial charge in [-0.15, -0.1) is 0 Å². The fraction of sp³-hybridized carbons (Fsp3) is 0.929. The highest BCUT2D eigenvalue weighted by molar-refractivity contribution is 5.78. The molecule has 3 atom stereocenters. The lowest BCUT2D eigenvalue weighted by Crippen LogP contribution is -2.41. The Labute approximate surface area is 115 Å². The largest absolute Gasteiger partial charge is 0.392 e. The van der Waals surface area contributed by atoms with Gasteiger partial charge in [-0.1, -0.05) is 20.8 Å². The third-order valence-electron chi connectivity index (χ3n) is 3.37. The van der Waals surface area contributed by atoms with Crippen LogP contribution in [0.25, 0.3) is 0 Å². The van der Waals surface area contributed by atoms with Crippen LogP contribution in [0.3, 0.4) is 0 Å². The number of carbonyl (C=O) groups excluding carboxylic acids is 1. The molecule has 0 aliphatic carbocycles. The molecule has 112 valence electrons. The summed E-state index contributed by atoms with van der Waals surface area (Å²) >= 11 is 0. The second-order valence-corrected chi connectivity index (χ2v) is 5.59. The van der Waals surface area contributed by atoms with Crippen LogP contribution in [-0.2, 0) is 14.4 Å². The first-order chi connectivity index (χ1) is 9.04. The number of hydroxylamine groups is 1. The summed E-state index contributed by atoms with van der Waals surface area (Å²) < 4.78 is 5.38. The second kappa shape index (κ2) is 8.51. The molecule has 1 aliphatic rings. The summed E-state index contributed by atoms with van der Waals surface area (Å²) in [5, 5.41) is 9.93. The molecule has 0 aromatic rings. The number of carbonyl (C=O) groups is 1. The predicted molar refractivity (Wildman–Crippen MR) is 72.1 cm³/mol. The van der Waals surface area contributed by atoms with Crippen LogP contribution in [-0.4, -0.2) is 30.0 Å². The Morgan fingerprint density at radius 2 is 2.21 bits per heavy atom. The molecule has 0 bridgehead atoms. The quantitative estimate of drug-likeness (QED) is 0.696. The lowest BCUT2D eigenvalue weighted by atomic mass is 9.90. The average Bonchev–Trinajstić information content (AvgIpc) is 2.42. The van der Waals surface area contributed by atoms with Gasteiger partial charge in [-0.25, -0.2) is 10.3 Å². The van der Waals surface area contributed by atoms with Gasteiger partial charge in [-0.05, 0) is 31.6 Å². The van der Waals surface area contributed by atoms with Crippen molar-refractivity contribution in [3.05, 3.63) is 0 Å². The summed E-state index contributed by atoms with van der Waals surface area (Å²) in [7, 11) is 0. The SMILES string of the molecule is CC[C@@H](O)[C@@H](CC(C)C)C(=O)NOC1CCCCO1. The van der Waals surface area contributed by atoms with Crippen molar-refractivity contribution in [3.8, 4) is 0 Å². The van der Waals surface area contributed by atoms with Gasteiger partial charge in [0.2, 0.25) is 5.91 Å². The summed E-state index contributed by atoms with van der Waals surface area (Å²) in [5.41, 5.74) is 2.45. The van der Waals surface area contributed by atoms with Gasteiger partial charge in [0.05, 0.1) is 12.0 Å². The Bertz CT molecular complexity index is 264. The van der Waals surface area contributed by atoms with Gasteiger partial charge in [-0.3, -0.25) is 4.79 Å². The van der Waals surface area contributed by atoms with Crippen molar-refractivity contribution < 1.29 is 19.5 Å². The minimum absolute atomic E-state index is 0.253. The lowest BCUT2D eigenvalue weighted by Gasteiger charge is -2.26. The van der Waals surface area contributed by atoms with Crippen molar-refractivity contribution in [2.24, 2.45) is 11.8 Å². The van der Waals surface area contributed by atoms with E-state index in [1.54, 1.807) is 0 Å².